The monoisotopic (exact) mass is 540 g/mol. The van der Waals surface area contributed by atoms with E-state index in [1.807, 2.05) is 80.6 Å². The first-order chi connectivity index (χ1) is 19.1. The molecule has 1 fully saturated rings. The summed E-state index contributed by atoms with van der Waals surface area (Å²) in [5.41, 5.74) is 7.56. The third kappa shape index (κ3) is 7.57. The fourth-order valence-electron chi connectivity index (χ4n) is 5.09. The molecule has 3 amide bonds. The van der Waals surface area contributed by atoms with Crippen LogP contribution in [0.25, 0.3) is 10.8 Å². The lowest BCUT2D eigenvalue weighted by molar-refractivity contribution is -0.146. The summed E-state index contributed by atoms with van der Waals surface area (Å²) in [6.07, 6.45) is 5.17. The van der Waals surface area contributed by atoms with E-state index >= 15 is 0 Å². The maximum absolute atomic E-state index is 14.4. The van der Waals surface area contributed by atoms with Gasteiger partial charge in [0, 0.05) is 38.5 Å². The zero-order valence-corrected chi connectivity index (χ0v) is 23.7. The van der Waals surface area contributed by atoms with Crippen LogP contribution in [-0.2, 0) is 27.2 Å². The first-order valence-corrected chi connectivity index (χ1v) is 13.9. The maximum Gasteiger partial charge on any atom is 0.246 e. The van der Waals surface area contributed by atoms with Gasteiger partial charge in [-0.15, -0.1) is 0 Å². The van der Waals surface area contributed by atoms with Crippen molar-refractivity contribution in [3.8, 4) is 0 Å². The summed E-state index contributed by atoms with van der Waals surface area (Å²) < 4.78 is 0. The topological polar surface area (TPSA) is 95.7 Å². The SMILES string of the molecule is CN(C(=O)/C=C/CC(C)(C)N)C(Cc1ccc2ccccc2c1)C(=O)N1CCCNC(=O)C1Cc1ccccc1. The highest BCUT2D eigenvalue weighted by Crippen LogP contribution is 2.21. The minimum Gasteiger partial charge on any atom is -0.354 e. The molecule has 1 saturated heterocycles. The number of hydrogen-bond acceptors (Lipinski definition) is 4. The summed E-state index contributed by atoms with van der Waals surface area (Å²) in [5, 5.41) is 5.15. The Hall–Kier alpha value is -3.97. The molecule has 3 N–H and O–H groups in total. The summed E-state index contributed by atoms with van der Waals surface area (Å²) in [6.45, 7) is 4.74. The predicted octanol–water partition coefficient (Wildman–Crippen LogP) is 3.85. The number of hydrogen-bond donors (Lipinski definition) is 2. The van der Waals surface area contributed by atoms with Crippen LogP contribution in [-0.4, -0.2) is 65.3 Å². The van der Waals surface area contributed by atoms with Gasteiger partial charge in [0.05, 0.1) is 0 Å². The number of carbonyl (C=O) groups excluding carboxylic acids is 3. The van der Waals surface area contributed by atoms with E-state index in [9.17, 15) is 14.4 Å². The third-order valence-corrected chi connectivity index (χ3v) is 7.36. The van der Waals surface area contributed by atoms with E-state index in [0.717, 1.165) is 21.9 Å². The van der Waals surface area contributed by atoms with Gasteiger partial charge in [0.1, 0.15) is 12.1 Å². The second-order valence-corrected chi connectivity index (χ2v) is 11.3. The van der Waals surface area contributed by atoms with Crippen LogP contribution in [0.1, 0.15) is 37.8 Å². The van der Waals surface area contributed by atoms with Crippen molar-refractivity contribution in [2.24, 2.45) is 5.73 Å². The molecular formula is C33H40N4O3. The number of carbonyl (C=O) groups is 3. The smallest absolute Gasteiger partial charge is 0.246 e. The second kappa shape index (κ2) is 12.9. The Morgan fingerprint density at radius 2 is 1.75 bits per heavy atom. The minimum absolute atomic E-state index is 0.168. The molecule has 0 aromatic heterocycles. The molecule has 4 rings (SSSR count). The maximum atomic E-state index is 14.4. The van der Waals surface area contributed by atoms with Crippen LogP contribution in [0.2, 0.25) is 0 Å². The number of nitrogens with one attached hydrogen (secondary N) is 1. The Morgan fingerprint density at radius 3 is 2.48 bits per heavy atom. The molecule has 1 aliphatic rings. The summed E-state index contributed by atoms with van der Waals surface area (Å²) in [7, 11) is 1.66. The van der Waals surface area contributed by atoms with Crippen LogP contribution < -0.4 is 11.1 Å². The summed E-state index contributed by atoms with van der Waals surface area (Å²) in [4.78, 5) is 44.0. The molecule has 0 aliphatic carbocycles. The van der Waals surface area contributed by atoms with Crippen LogP contribution in [0.4, 0.5) is 0 Å². The van der Waals surface area contributed by atoms with E-state index in [2.05, 4.69) is 11.4 Å². The van der Waals surface area contributed by atoms with Crippen LogP contribution >= 0.6 is 0 Å². The predicted molar refractivity (Wildman–Crippen MR) is 160 cm³/mol. The van der Waals surface area contributed by atoms with Gasteiger partial charge in [0.25, 0.3) is 0 Å². The molecule has 210 valence electrons. The molecule has 0 bridgehead atoms. The zero-order valence-electron chi connectivity index (χ0n) is 23.7. The lowest BCUT2D eigenvalue weighted by Crippen LogP contribution is -2.56. The quantitative estimate of drug-likeness (QED) is 0.403. The number of nitrogens with two attached hydrogens (primary N) is 1. The molecular weight excluding hydrogens is 500 g/mol. The van der Waals surface area contributed by atoms with Gasteiger partial charge in [-0.2, -0.15) is 0 Å². The molecule has 1 heterocycles. The minimum atomic E-state index is -0.784. The third-order valence-electron chi connectivity index (χ3n) is 7.36. The van der Waals surface area contributed by atoms with Crippen molar-refractivity contribution in [3.63, 3.8) is 0 Å². The van der Waals surface area contributed by atoms with E-state index in [1.54, 1.807) is 18.0 Å². The van der Waals surface area contributed by atoms with Gasteiger partial charge < -0.3 is 20.9 Å². The van der Waals surface area contributed by atoms with Crippen LogP contribution in [0.15, 0.2) is 84.9 Å². The summed E-state index contributed by atoms with van der Waals surface area (Å²) in [5.74, 6) is -0.671. The number of benzene rings is 3. The average molecular weight is 541 g/mol. The van der Waals surface area contributed by atoms with E-state index in [4.69, 9.17) is 5.73 Å². The van der Waals surface area contributed by atoms with Crippen molar-refractivity contribution in [1.82, 2.24) is 15.1 Å². The van der Waals surface area contributed by atoms with Crippen molar-refractivity contribution in [1.29, 1.82) is 0 Å². The molecule has 0 radical (unpaired) electrons. The van der Waals surface area contributed by atoms with Gasteiger partial charge in [0.15, 0.2) is 0 Å². The molecule has 1 aliphatic heterocycles. The number of rotatable bonds is 9. The standard InChI is InChI=1S/C33H40N4O3/c1-33(2,34)18-9-15-30(38)36(3)29(23-25-16-17-26-13-7-8-14-27(26)21-25)32(40)37-20-10-19-35-31(39)28(37)22-24-11-5-4-6-12-24/h4-9,11-17,21,28-29H,10,18-20,22-23,34H2,1-3H3,(H,35,39)/b15-9+. The van der Waals surface area contributed by atoms with Gasteiger partial charge >= 0.3 is 0 Å². The Balaban J connectivity index is 1.66. The van der Waals surface area contributed by atoms with Gasteiger partial charge in [-0.1, -0.05) is 78.9 Å². The molecule has 7 nitrogen and oxygen atoms in total. The van der Waals surface area contributed by atoms with Crippen molar-refractivity contribution >= 4 is 28.5 Å². The van der Waals surface area contributed by atoms with Crippen molar-refractivity contribution in [2.75, 3.05) is 20.1 Å². The highest BCUT2D eigenvalue weighted by atomic mass is 16.2. The Morgan fingerprint density at radius 1 is 1.05 bits per heavy atom. The summed E-state index contributed by atoms with van der Waals surface area (Å²) in [6, 6.07) is 22.4. The fourth-order valence-corrected chi connectivity index (χ4v) is 5.09. The second-order valence-electron chi connectivity index (χ2n) is 11.3. The van der Waals surface area contributed by atoms with Crippen LogP contribution in [0, 0.1) is 0 Å². The number of amides is 3. The first-order valence-electron chi connectivity index (χ1n) is 13.9. The van der Waals surface area contributed by atoms with E-state index < -0.39 is 17.6 Å². The van der Waals surface area contributed by atoms with Crippen LogP contribution in [0.5, 0.6) is 0 Å². The molecule has 0 saturated carbocycles. The van der Waals surface area contributed by atoms with Crippen molar-refractivity contribution in [3.05, 3.63) is 96.1 Å². The molecule has 2 atom stereocenters. The normalized spacial score (nSPS) is 16.9. The highest BCUT2D eigenvalue weighted by Gasteiger charge is 2.37. The van der Waals surface area contributed by atoms with Crippen molar-refractivity contribution in [2.45, 2.75) is 57.2 Å². The summed E-state index contributed by atoms with van der Waals surface area (Å²) >= 11 is 0. The van der Waals surface area contributed by atoms with Gasteiger partial charge in [-0.05, 0) is 54.7 Å². The molecule has 2 unspecified atom stereocenters. The first kappa shape index (κ1) is 29.0. The number of fused-ring (bicyclic) bond motifs is 1. The van der Waals surface area contributed by atoms with Gasteiger partial charge in [-0.3, -0.25) is 14.4 Å². The Labute approximate surface area is 237 Å². The van der Waals surface area contributed by atoms with Gasteiger partial charge in [0.2, 0.25) is 17.7 Å². The zero-order chi connectivity index (χ0) is 28.7. The largest absolute Gasteiger partial charge is 0.354 e. The Kier molecular flexibility index (Phi) is 9.38. The van der Waals surface area contributed by atoms with E-state index in [1.165, 1.54) is 11.0 Å². The molecule has 3 aromatic carbocycles. The molecule has 7 heteroatoms. The molecule has 40 heavy (non-hydrogen) atoms. The van der Waals surface area contributed by atoms with E-state index in [-0.39, 0.29) is 17.7 Å². The van der Waals surface area contributed by atoms with Gasteiger partial charge in [-0.25, -0.2) is 0 Å². The fraction of sp³-hybridized carbons (Fsp3) is 0.364. The number of nitrogens with zero attached hydrogens (tertiary/aromatic N) is 2. The lowest BCUT2D eigenvalue weighted by Gasteiger charge is -2.35. The van der Waals surface area contributed by atoms with Crippen LogP contribution in [0.3, 0.4) is 0 Å². The average Bonchev–Trinajstić information content (AvgIpc) is 3.11. The van der Waals surface area contributed by atoms with Crippen molar-refractivity contribution < 1.29 is 14.4 Å². The Bertz CT molecular complexity index is 1360. The lowest BCUT2D eigenvalue weighted by atomic mass is 9.98. The molecule has 3 aromatic rings. The molecule has 0 spiro atoms. The highest BCUT2D eigenvalue weighted by molar-refractivity contribution is 5.95. The van der Waals surface area contributed by atoms with E-state index in [0.29, 0.717) is 38.8 Å². The number of likely N-dealkylation sites (N-methyl/N-ethyl adjacent to an activating group) is 1.